The Morgan fingerprint density at radius 1 is 1.27 bits per heavy atom. The van der Waals surface area contributed by atoms with Crippen LogP contribution in [0.2, 0.25) is 0 Å². The van der Waals surface area contributed by atoms with Crippen LogP contribution in [-0.2, 0) is 22.4 Å². The fourth-order valence-electron chi connectivity index (χ4n) is 3.65. The van der Waals surface area contributed by atoms with E-state index in [1.807, 2.05) is 0 Å². The number of anilines is 2. The molecule has 3 N–H and O–H groups in total. The van der Waals surface area contributed by atoms with Crippen LogP contribution in [0.25, 0.3) is 0 Å². The summed E-state index contributed by atoms with van der Waals surface area (Å²) in [6.45, 7) is 6.62. The van der Waals surface area contributed by atoms with Gasteiger partial charge in [0.2, 0.25) is 11.9 Å². The summed E-state index contributed by atoms with van der Waals surface area (Å²) < 4.78 is 5.11. The second-order valence-corrected chi connectivity index (χ2v) is 6.93. The van der Waals surface area contributed by atoms with E-state index in [0.717, 1.165) is 63.4 Å². The molecule has 0 unspecified atom stereocenters. The largest absolute Gasteiger partial charge is 0.383 e. The third kappa shape index (κ3) is 4.82. The lowest BCUT2D eigenvalue weighted by Crippen LogP contribution is -2.44. The first kappa shape index (κ1) is 18.8. The molecule has 8 heteroatoms. The second kappa shape index (κ2) is 9.14. The average molecular weight is 362 g/mol. The van der Waals surface area contributed by atoms with E-state index in [1.54, 1.807) is 14.0 Å². The topological polar surface area (TPSA) is 91.4 Å². The first-order chi connectivity index (χ1) is 12.7. The highest BCUT2D eigenvalue weighted by Gasteiger charge is 2.25. The number of methoxy groups -OCH3 is 1. The van der Waals surface area contributed by atoms with Crippen LogP contribution in [0.15, 0.2) is 0 Å². The van der Waals surface area contributed by atoms with E-state index in [1.165, 1.54) is 5.56 Å². The van der Waals surface area contributed by atoms with Crippen LogP contribution in [0.4, 0.5) is 11.8 Å². The molecule has 2 aliphatic heterocycles. The van der Waals surface area contributed by atoms with Gasteiger partial charge in [-0.15, -0.1) is 0 Å². The summed E-state index contributed by atoms with van der Waals surface area (Å²) in [7, 11) is 1.69. The normalized spacial score (nSPS) is 18.2. The molecule has 0 saturated carbocycles. The Kier molecular flexibility index (Phi) is 6.62. The second-order valence-electron chi connectivity index (χ2n) is 6.93. The zero-order valence-electron chi connectivity index (χ0n) is 15.8. The molecule has 0 spiro atoms. The first-order valence-corrected chi connectivity index (χ1v) is 9.52. The maximum absolute atomic E-state index is 11.3. The predicted molar refractivity (Wildman–Crippen MR) is 102 cm³/mol. The van der Waals surface area contributed by atoms with Crippen LogP contribution in [0.3, 0.4) is 0 Å². The molecular weight excluding hydrogens is 332 g/mol. The van der Waals surface area contributed by atoms with E-state index in [4.69, 9.17) is 14.7 Å². The Hall–Kier alpha value is -1.93. The number of piperidine rings is 1. The monoisotopic (exact) mass is 362 g/mol. The summed E-state index contributed by atoms with van der Waals surface area (Å²) >= 11 is 0. The number of hydrogen-bond donors (Lipinski definition) is 3. The van der Waals surface area contributed by atoms with Gasteiger partial charge in [0.1, 0.15) is 5.82 Å². The number of fused-ring (bicyclic) bond motifs is 1. The molecule has 3 rings (SSSR count). The van der Waals surface area contributed by atoms with E-state index >= 15 is 0 Å². The minimum Gasteiger partial charge on any atom is -0.383 e. The highest BCUT2D eigenvalue weighted by Crippen LogP contribution is 2.27. The average Bonchev–Trinajstić information content (AvgIpc) is 2.87. The Labute approximate surface area is 155 Å². The van der Waals surface area contributed by atoms with E-state index in [2.05, 4.69) is 20.9 Å². The van der Waals surface area contributed by atoms with E-state index in [0.29, 0.717) is 19.1 Å². The van der Waals surface area contributed by atoms with Gasteiger partial charge in [0, 0.05) is 58.2 Å². The maximum Gasteiger partial charge on any atom is 0.224 e. The van der Waals surface area contributed by atoms with E-state index in [-0.39, 0.29) is 11.9 Å². The molecule has 1 aromatic heterocycles. The van der Waals surface area contributed by atoms with Crippen LogP contribution in [0, 0.1) is 0 Å². The molecule has 26 heavy (non-hydrogen) atoms. The molecular formula is C18H30N6O2. The number of amides is 1. The summed E-state index contributed by atoms with van der Waals surface area (Å²) in [4.78, 5) is 23.2. The molecule has 0 bridgehead atoms. The number of nitrogens with one attached hydrogen (secondary N) is 3. The standard InChI is InChI=1S/C18H30N6O2/c1-13(25)21-14-5-10-24(11-6-14)17-15-3-7-19-8-4-16(15)22-18(23-17)20-9-12-26-2/h14,19H,3-12H2,1-2H3,(H,21,25)(H,20,22,23). The number of aromatic nitrogens is 2. The number of ether oxygens (including phenoxy) is 1. The highest BCUT2D eigenvalue weighted by atomic mass is 16.5. The molecule has 1 saturated heterocycles. The lowest BCUT2D eigenvalue weighted by molar-refractivity contribution is -0.119. The van der Waals surface area contributed by atoms with Crippen LogP contribution >= 0.6 is 0 Å². The van der Waals surface area contributed by atoms with Crippen molar-refractivity contribution in [3.63, 3.8) is 0 Å². The van der Waals surface area contributed by atoms with Crippen molar-refractivity contribution >= 4 is 17.7 Å². The van der Waals surface area contributed by atoms with Crippen molar-refractivity contribution in [2.45, 2.75) is 38.6 Å². The molecule has 0 aromatic carbocycles. The maximum atomic E-state index is 11.3. The van der Waals surface area contributed by atoms with Gasteiger partial charge >= 0.3 is 0 Å². The van der Waals surface area contributed by atoms with Gasteiger partial charge in [-0.1, -0.05) is 0 Å². The predicted octanol–water partition coefficient (Wildman–Crippen LogP) is 0.328. The minimum atomic E-state index is 0.0510. The van der Waals surface area contributed by atoms with Gasteiger partial charge in [0.05, 0.1) is 12.3 Å². The first-order valence-electron chi connectivity index (χ1n) is 9.52. The molecule has 0 radical (unpaired) electrons. The van der Waals surface area contributed by atoms with Crippen molar-refractivity contribution in [1.82, 2.24) is 20.6 Å². The third-order valence-electron chi connectivity index (χ3n) is 4.95. The summed E-state index contributed by atoms with van der Waals surface area (Å²) in [6, 6.07) is 0.269. The van der Waals surface area contributed by atoms with E-state index < -0.39 is 0 Å². The van der Waals surface area contributed by atoms with Crippen molar-refractivity contribution in [2.24, 2.45) is 0 Å². The van der Waals surface area contributed by atoms with Gasteiger partial charge in [-0.05, 0) is 25.8 Å². The smallest absolute Gasteiger partial charge is 0.224 e. The Morgan fingerprint density at radius 2 is 2.04 bits per heavy atom. The van der Waals surface area contributed by atoms with Gasteiger partial charge in [-0.3, -0.25) is 4.79 Å². The lowest BCUT2D eigenvalue weighted by atomic mass is 10.0. The van der Waals surface area contributed by atoms with Crippen molar-refractivity contribution in [1.29, 1.82) is 0 Å². The summed E-state index contributed by atoms with van der Waals surface area (Å²) in [5, 5.41) is 9.77. The number of hydrogen-bond acceptors (Lipinski definition) is 7. The van der Waals surface area contributed by atoms with Crippen molar-refractivity contribution in [3.05, 3.63) is 11.3 Å². The number of rotatable bonds is 6. The number of carbonyl (C=O) groups is 1. The molecule has 1 aromatic rings. The zero-order valence-corrected chi connectivity index (χ0v) is 15.8. The molecule has 0 aliphatic carbocycles. The number of nitrogens with zero attached hydrogens (tertiary/aromatic N) is 3. The fraction of sp³-hybridized carbons (Fsp3) is 0.722. The van der Waals surface area contributed by atoms with Crippen molar-refractivity contribution < 1.29 is 9.53 Å². The third-order valence-corrected chi connectivity index (χ3v) is 4.95. The minimum absolute atomic E-state index is 0.0510. The quantitative estimate of drug-likeness (QED) is 0.628. The Balaban J connectivity index is 1.78. The summed E-state index contributed by atoms with van der Waals surface area (Å²) in [5.41, 5.74) is 2.41. The Bertz CT molecular complexity index is 616. The SMILES string of the molecule is COCCNc1nc2c(c(N3CCC(NC(C)=O)CC3)n1)CCNCC2. The Morgan fingerprint density at radius 3 is 2.77 bits per heavy atom. The van der Waals surface area contributed by atoms with Crippen LogP contribution in [0.1, 0.15) is 31.0 Å². The fourth-order valence-corrected chi connectivity index (χ4v) is 3.65. The summed E-state index contributed by atoms with van der Waals surface area (Å²) in [5.74, 6) is 1.79. The van der Waals surface area contributed by atoms with Crippen LogP contribution < -0.4 is 20.9 Å². The van der Waals surface area contributed by atoms with Crippen LogP contribution in [0.5, 0.6) is 0 Å². The molecule has 144 valence electrons. The van der Waals surface area contributed by atoms with Crippen LogP contribution in [-0.4, -0.2) is 68.4 Å². The highest BCUT2D eigenvalue weighted by molar-refractivity contribution is 5.73. The number of carbonyl (C=O) groups excluding carboxylic acids is 1. The van der Waals surface area contributed by atoms with Gasteiger partial charge in [0.15, 0.2) is 0 Å². The van der Waals surface area contributed by atoms with Gasteiger partial charge in [-0.2, -0.15) is 4.98 Å². The van der Waals surface area contributed by atoms with Gasteiger partial charge in [0.25, 0.3) is 0 Å². The molecule has 2 aliphatic rings. The van der Waals surface area contributed by atoms with Crippen molar-refractivity contribution in [3.8, 4) is 0 Å². The van der Waals surface area contributed by atoms with E-state index in [9.17, 15) is 4.79 Å². The molecule has 1 fully saturated rings. The molecule has 1 amide bonds. The lowest BCUT2D eigenvalue weighted by Gasteiger charge is -2.34. The van der Waals surface area contributed by atoms with Gasteiger partial charge in [-0.25, -0.2) is 4.98 Å². The van der Waals surface area contributed by atoms with Gasteiger partial charge < -0.3 is 25.6 Å². The zero-order chi connectivity index (χ0) is 18.4. The van der Waals surface area contributed by atoms with Crippen molar-refractivity contribution in [2.75, 3.05) is 56.7 Å². The molecule has 0 atom stereocenters. The summed E-state index contributed by atoms with van der Waals surface area (Å²) in [6.07, 6.45) is 3.77. The molecule has 8 nitrogen and oxygen atoms in total. The molecule has 3 heterocycles.